The van der Waals surface area contributed by atoms with Crippen molar-refractivity contribution >= 4 is 23.4 Å². The molecule has 0 atom stereocenters. The van der Waals surface area contributed by atoms with Gasteiger partial charge in [0.15, 0.2) is 11.5 Å². The van der Waals surface area contributed by atoms with Crippen LogP contribution in [0.3, 0.4) is 0 Å². The summed E-state index contributed by atoms with van der Waals surface area (Å²) in [5, 5.41) is 2.97. The van der Waals surface area contributed by atoms with Crippen molar-refractivity contribution in [1.29, 1.82) is 0 Å². The Morgan fingerprint density at radius 2 is 1.75 bits per heavy atom. The second-order valence-electron chi connectivity index (χ2n) is 6.25. The molecule has 1 amide bonds. The van der Waals surface area contributed by atoms with Gasteiger partial charge in [0.25, 0.3) is 5.91 Å². The van der Waals surface area contributed by atoms with Gasteiger partial charge < -0.3 is 14.8 Å². The number of nitrogens with one attached hydrogen (secondary N) is 1. The highest BCUT2D eigenvalue weighted by Crippen LogP contribution is 2.31. The molecule has 0 spiro atoms. The Balaban J connectivity index is 1.72. The fourth-order valence-electron chi connectivity index (χ4n) is 2.89. The second kappa shape index (κ2) is 9.33. The van der Waals surface area contributed by atoms with Crippen LogP contribution in [0, 0.1) is 6.92 Å². The van der Waals surface area contributed by atoms with Crippen molar-refractivity contribution in [2.45, 2.75) is 17.6 Å². The average molecular weight is 394 g/mol. The number of hydrogen-bond donors (Lipinski definition) is 1. The van der Waals surface area contributed by atoms with Crippen molar-refractivity contribution in [3.8, 4) is 11.5 Å². The first kappa shape index (κ1) is 19.8. The van der Waals surface area contributed by atoms with E-state index in [0.29, 0.717) is 17.1 Å². The zero-order chi connectivity index (χ0) is 19.9. The third-order valence-corrected chi connectivity index (χ3v) is 5.42. The molecule has 144 valence electrons. The highest BCUT2D eigenvalue weighted by Gasteiger charge is 2.17. The predicted molar refractivity (Wildman–Crippen MR) is 115 cm³/mol. The van der Waals surface area contributed by atoms with Gasteiger partial charge in [0.05, 0.1) is 19.8 Å². The number of benzene rings is 3. The Labute approximate surface area is 169 Å². The maximum absolute atomic E-state index is 12.8. The molecule has 0 radical (unpaired) electrons. The van der Waals surface area contributed by atoms with E-state index >= 15 is 0 Å². The number of anilines is 1. The quantitative estimate of drug-likeness (QED) is 0.534. The van der Waals surface area contributed by atoms with E-state index in [-0.39, 0.29) is 5.91 Å². The maximum atomic E-state index is 12.8. The topological polar surface area (TPSA) is 47.6 Å². The van der Waals surface area contributed by atoms with E-state index in [9.17, 15) is 4.79 Å². The minimum atomic E-state index is -0.231. The zero-order valence-electron chi connectivity index (χ0n) is 16.2. The van der Waals surface area contributed by atoms with Crippen LogP contribution >= 0.6 is 11.8 Å². The molecule has 1 N–H and O–H groups in total. The van der Waals surface area contributed by atoms with Crippen molar-refractivity contribution < 1.29 is 14.3 Å². The van der Waals surface area contributed by atoms with Crippen molar-refractivity contribution in [2.24, 2.45) is 0 Å². The summed E-state index contributed by atoms with van der Waals surface area (Å²) in [7, 11) is 3.08. The van der Waals surface area contributed by atoms with Crippen LogP contribution in [0.15, 0.2) is 71.6 Å². The van der Waals surface area contributed by atoms with Crippen LogP contribution < -0.4 is 14.8 Å². The summed E-state index contributed by atoms with van der Waals surface area (Å²) in [5.41, 5.74) is 3.44. The number of hydrogen-bond acceptors (Lipinski definition) is 4. The van der Waals surface area contributed by atoms with E-state index in [1.165, 1.54) is 17.6 Å². The molecule has 0 aliphatic carbocycles. The fourth-order valence-corrected chi connectivity index (χ4v) is 3.76. The molecule has 0 fully saturated rings. The molecule has 28 heavy (non-hydrogen) atoms. The molecular weight excluding hydrogens is 370 g/mol. The third-order valence-electron chi connectivity index (χ3n) is 4.34. The minimum absolute atomic E-state index is 0.231. The van der Waals surface area contributed by atoms with Gasteiger partial charge in [-0.15, -0.1) is 11.8 Å². The van der Waals surface area contributed by atoms with E-state index < -0.39 is 0 Å². The monoisotopic (exact) mass is 393 g/mol. The number of aryl methyl sites for hydroxylation is 1. The van der Waals surface area contributed by atoms with Gasteiger partial charge in [0.1, 0.15) is 0 Å². The van der Waals surface area contributed by atoms with Crippen LogP contribution in [0.2, 0.25) is 0 Å². The number of rotatable bonds is 7. The molecule has 0 heterocycles. The highest BCUT2D eigenvalue weighted by molar-refractivity contribution is 7.98. The molecule has 3 aromatic carbocycles. The molecule has 0 saturated heterocycles. The lowest BCUT2D eigenvalue weighted by molar-refractivity contribution is 0.102. The van der Waals surface area contributed by atoms with E-state index in [4.69, 9.17) is 9.47 Å². The van der Waals surface area contributed by atoms with Gasteiger partial charge in [-0.25, -0.2) is 0 Å². The Morgan fingerprint density at radius 3 is 2.43 bits per heavy atom. The lowest BCUT2D eigenvalue weighted by Gasteiger charge is -2.14. The van der Waals surface area contributed by atoms with Crippen LogP contribution in [-0.2, 0) is 5.75 Å². The third kappa shape index (κ3) is 4.67. The normalized spacial score (nSPS) is 10.4. The number of carbonyl (C=O) groups is 1. The molecule has 3 rings (SSSR count). The van der Waals surface area contributed by atoms with Crippen LogP contribution in [0.1, 0.15) is 21.5 Å². The van der Waals surface area contributed by atoms with Gasteiger partial charge >= 0.3 is 0 Å². The predicted octanol–water partition coefficient (Wildman–Crippen LogP) is 5.56. The summed E-state index contributed by atoms with van der Waals surface area (Å²) in [5.74, 6) is 1.60. The van der Waals surface area contributed by atoms with Crippen molar-refractivity contribution in [2.75, 3.05) is 19.5 Å². The number of methoxy groups -OCH3 is 2. The molecule has 0 unspecified atom stereocenters. The molecule has 3 aromatic rings. The number of carbonyl (C=O) groups excluding carboxylic acids is 1. The first-order chi connectivity index (χ1) is 13.6. The highest BCUT2D eigenvalue weighted by atomic mass is 32.2. The van der Waals surface area contributed by atoms with Crippen LogP contribution in [0.25, 0.3) is 0 Å². The van der Waals surface area contributed by atoms with Gasteiger partial charge in [-0.2, -0.15) is 0 Å². The van der Waals surface area contributed by atoms with Gasteiger partial charge in [-0.05, 0) is 48.4 Å². The van der Waals surface area contributed by atoms with Gasteiger partial charge in [-0.3, -0.25) is 4.79 Å². The molecule has 0 bridgehead atoms. The SMILES string of the molecule is COc1cccc(C(=O)Nc2ccc(CSc3ccccc3)cc2C)c1OC. The van der Waals surface area contributed by atoms with Gasteiger partial charge in [0, 0.05) is 16.3 Å². The lowest BCUT2D eigenvalue weighted by atomic mass is 10.1. The lowest BCUT2D eigenvalue weighted by Crippen LogP contribution is -2.14. The van der Waals surface area contributed by atoms with Gasteiger partial charge in [-0.1, -0.05) is 36.4 Å². The second-order valence-corrected chi connectivity index (χ2v) is 7.29. The van der Waals surface area contributed by atoms with Crippen LogP contribution in [-0.4, -0.2) is 20.1 Å². The molecule has 4 nitrogen and oxygen atoms in total. The summed E-state index contributed by atoms with van der Waals surface area (Å²) in [4.78, 5) is 14.0. The minimum Gasteiger partial charge on any atom is -0.493 e. The first-order valence-corrected chi connectivity index (χ1v) is 9.90. The summed E-state index contributed by atoms with van der Waals surface area (Å²) < 4.78 is 10.6. The van der Waals surface area contributed by atoms with E-state index in [0.717, 1.165) is 17.0 Å². The molecule has 0 aliphatic heterocycles. The maximum Gasteiger partial charge on any atom is 0.259 e. The fraction of sp³-hybridized carbons (Fsp3) is 0.174. The Hall–Kier alpha value is -2.92. The molecule has 0 aromatic heterocycles. The van der Waals surface area contributed by atoms with E-state index in [2.05, 4.69) is 23.5 Å². The summed E-state index contributed by atoms with van der Waals surface area (Å²) in [6.45, 7) is 2.00. The number of ether oxygens (including phenoxy) is 2. The van der Waals surface area contributed by atoms with Crippen molar-refractivity contribution in [3.63, 3.8) is 0 Å². The van der Waals surface area contributed by atoms with Gasteiger partial charge in [0.2, 0.25) is 0 Å². The Kier molecular flexibility index (Phi) is 6.61. The number of amides is 1. The first-order valence-electron chi connectivity index (χ1n) is 8.92. The molecular formula is C23H23NO3S. The molecule has 0 aliphatic rings. The average Bonchev–Trinajstić information content (AvgIpc) is 2.73. The van der Waals surface area contributed by atoms with Crippen LogP contribution in [0.5, 0.6) is 11.5 Å². The summed E-state index contributed by atoms with van der Waals surface area (Å²) in [6.07, 6.45) is 0. The van der Waals surface area contributed by atoms with E-state index in [1.54, 1.807) is 37.1 Å². The zero-order valence-corrected chi connectivity index (χ0v) is 17.0. The summed E-state index contributed by atoms with van der Waals surface area (Å²) >= 11 is 1.79. The standard InChI is InChI=1S/C23H23NO3S/c1-16-14-17(15-28-18-8-5-4-6-9-18)12-13-20(16)24-23(25)19-10-7-11-21(26-2)22(19)27-3/h4-14H,15H2,1-3H3,(H,24,25). The largest absolute Gasteiger partial charge is 0.493 e. The summed E-state index contributed by atoms with van der Waals surface area (Å²) in [6, 6.07) is 21.7. The van der Waals surface area contributed by atoms with Crippen LogP contribution in [0.4, 0.5) is 5.69 Å². The Morgan fingerprint density at radius 1 is 0.964 bits per heavy atom. The number of thioether (sulfide) groups is 1. The molecule has 0 saturated carbocycles. The smallest absolute Gasteiger partial charge is 0.259 e. The van der Waals surface area contributed by atoms with E-state index in [1.807, 2.05) is 37.3 Å². The van der Waals surface area contributed by atoms with Crippen molar-refractivity contribution in [1.82, 2.24) is 0 Å². The number of para-hydroxylation sites is 1. The Bertz CT molecular complexity index is 957. The van der Waals surface area contributed by atoms with Crippen molar-refractivity contribution in [3.05, 3.63) is 83.4 Å². The molecule has 5 heteroatoms.